The molecule has 0 spiro atoms. The summed E-state index contributed by atoms with van der Waals surface area (Å²) in [6.07, 6.45) is -7.62. The van der Waals surface area contributed by atoms with Gasteiger partial charge in [0.25, 0.3) is 5.91 Å². The Morgan fingerprint density at radius 3 is 2.24 bits per heavy atom. The molecule has 18 heteroatoms. The first kappa shape index (κ1) is 32.5. The number of aromatic nitrogens is 6. The molecule has 1 unspecified atom stereocenters. The van der Waals surface area contributed by atoms with Gasteiger partial charge < -0.3 is 10.6 Å². The van der Waals surface area contributed by atoms with E-state index >= 15 is 0 Å². The number of hydrogen-bond acceptors (Lipinski definition) is 6. The second-order valence-corrected chi connectivity index (χ2v) is 11.6. The molecule has 0 aliphatic heterocycles. The molecule has 2 fully saturated rings. The summed E-state index contributed by atoms with van der Waals surface area (Å²) in [5.41, 5.74) is 1.03. The highest BCUT2D eigenvalue weighted by Gasteiger charge is 2.40. The Kier molecular flexibility index (Phi) is 9.04. The Balaban J connectivity index is 1.39. The van der Waals surface area contributed by atoms with Gasteiger partial charge in [-0.05, 0) is 49.1 Å². The van der Waals surface area contributed by atoms with Crippen LogP contribution in [0.15, 0.2) is 24.8 Å². The third-order valence-corrected chi connectivity index (χ3v) is 8.03. The smallest absolute Gasteiger partial charge is 0.349 e. The van der Waals surface area contributed by atoms with Crippen LogP contribution in [0.2, 0.25) is 0 Å². The van der Waals surface area contributed by atoms with Crippen molar-refractivity contribution in [3.05, 3.63) is 41.9 Å². The summed E-state index contributed by atoms with van der Waals surface area (Å²) in [5, 5.41) is 13.4. The minimum absolute atomic E-state index is 0.00385. The van der Waals surface area contributed by atoms with Crippen LogP contribution in [0.4, 0.5) is 35.1 Å². The monoisotopic (exact) mass is 650 g/mol. The van der Waals surface area contributed by atoms with Crippen LogP contribution in [0, 0.1) is 11.8 Å². The lowest BCUT2D eigenvalue weighted by Gasteiger charge is -2.33. The molecule has 2 aliphatic carbocycles. The average molecular weight is 651 g/mol. The van der Waals surface area contributed by atoms with Crippen LogP contribution in [0.3, 0.4) is 0 Å². The van der Waals surface area contributed by atoms with Gasteiger partial charge in [0.1, 0.15) is 6.33 Å². The molecule has 2 aliphatic rings. The third kappa shape index (κ3) is 8.65. The number of alkyl halides is 8. The zero-order chi connectivity index (χ0) is 32.6. The van der Waals surface area contributed by atoms with E-state index in [2.05, 4.69) is 30.8 Å². The lowest BCUT2D eigenvalue weighted by atomic mass is 9.81. The van der Waals surface area contributed by atoms with E-state index in [0.29, 0.717) is 5.56 Å². The van der Waals surface area contributed by atoms with Crippen molar-refractivity contribution in [1.82, 2.24) is 40.0 Å². The molecule has 3 heterocycles. The van der Waals surface area contributed by atoms with Crippen LogP contribution in [0.5, 0.6) is 0 Å². The van der Waals surface area contributed by atoms with Gasteiger partial charge in [-0.2, -0.15) is 36.5 Å². The Hall–Kier alpha value is -3.86. The zero-order valence-electron chi connectivity index (χ0n) is 23.7. The van der Waals surface area contributed by atoms with Crippen molar-refractivity contribution in [1.29, 1.82) is 0 Å². The van der Waals surface area contributed by atoms with Crippen LogP contribution in [0.25, 0.3) is 5.65 Å². The summed E-state index contributed by atoms with van der Waals surface area (Å²) in [6.45, 7) is -0.650. The lowest BCUT2D eigenvalue weighted by molar-refractivity contribution is -0.144. The van der Waals surface area contributed by atoms with Gasteiger partial charge in [-0.3, -0.25) is 9.59 Å². The van der Waals surface area contributed by atoms with E-state index in [4.69, 9.17) is 0 Å². The van der Waals surface area contributed by atoms with Crippen molar-refractivity contribution in [2.24, 2.45) is 11.8 Å². The number of halogens is 8. The van der Waals surface area contributed by atoms with Crippen molar-refractivity contribution >= 4 is 17.5 Å². The zero-order valence-corrected chi connectivity index (χ0v) is 23.7. The van der Waals surface area contributed by atoms with Crippen LogP contribution in [0.1, 0.15) is 91.7 Å². The van der Waals surface area contributed by atoms with E-state index in [1.165, 1.54) is 16.9 Å². The number of amides is 2. The molecule has 2 atom stereocenters. The molecule has 2 N–H and O–H groups in total. The van der Waals surface area contributed by atoms with E-state index in [-0.39, 0.29) is 35.9 Å². The number of fused-ring (bicyclic) bond motifs is 1. The van der Waals surface area contributed by atoms with Gasteiger partial charge in [0.05, 0.1) is 49.6 Å². The van der Waals surface area contributed by atoms with E-state index in [0.717, 1.165) is 23.9 Å². The molecule has 0 saturated heterocycles. The maximum atomic E-state index is 14.0. The van der Waals surface area contributed by atoms with Crippen LogP contribution < -0.4 is 10.6 Å². The quantitative estimate of drug-likeness (QED) is 0.266. The molecule has 45 heavy (non-hydrogen) atoms. The highest BCUT2D eigenvalue weighted by atomic mass is 19.4. The summed E-state index contributed by atoms with van der Waals surface area (Å²) in [6, 6.07) is 0.0703. The van der Waals surface area contributed by atoms with E-state index < -0.39 is 86.7 Å². The number of hydrogen-bond donors (Lipinski definition) is 2. The van der Waals surface area contributed by atoms with Gasteiger partial charge in [-0.1, -0.05) is 0 Å². The number of carbonyl (C=O) groups is 2. The Morgan fingerprint density at radius 1 is 0.933 bits per heavy atom. The largest absolute Gasteiger partial charge is 0.390 e. The SMILES string of the molecule is O=C(CCC(F)(F)F)NC(c1cnn2cc([C@@H](NC(=O)c3ncnn3CCC(F)(F)F)C3CCC(F)(F)CC3)nc2c1)C1CC1. The molecule has 10 nitrogen and oxygen atoms in total. The van der Waals surface area contributed by atoms with Crippen LogP contribution in [-0.4, -0.2) is 59.5 Å². The summed E-state index contributed by atoms with van der Waals surface area (Å²) in [5.74, 6) is -5.38. The minimum Gasteiger partial charge on any atom is -0.349 e. The lowest BCUT2D eigenvalue weighted by Crippen LogP contribution is -2.38. The maximum Gasteiger partial charge on any atom is 0.390 e. The normalized spacial score (nSPS) is 18.9. The van der Waals surface area contributed by atoms with Gasteiger partial charge in [-0.25, -0.2) is 27.9 Å². The molecular weight excluding hydrogens is 620 g/mol. The number of rotatable bonds is 11. The molecule has 2 amide bonds. The molecule has 2 saturated carbocycles. The molecule has 246 valence electrons. The van der Waals surface area contributed by atoms with Crippen molar-refractivity contribution < 1.29 is 44.7 Å². The molecule has 5 rings (SSSR count). The first-order chi connectivity index (χ1) is 21.1. The summed E-state index contributed by atoms with van der Waals surface area (Å²) in [4.78, 5) is 33.9. The standard InChI is InChI=1S/C27H30F8N8O2/c28-25(29)6-3-16(4-7-25)22(41-24(45)23-36-14-38-42(23)10-9-27(33,34)35)18-13-43-19(39-18)11-17(12-37-43)21(15-1-2-15)40-20(44)5-8-26(30,31)32/h11-16,21-22H,1-10H2,(H,40,44)(H,41,45)/t21?,22-/m0/s1. The highest BCUT2D eigenvalue weighted by molar-refractivity contribution is 5.90. The first-order valence-corrected chi connectivity index (χ1v) is 14.4. The number of imidazole rings is 1. The topological polar surface area (TPSA) is 119 Å². The molecule has 0 aromatic carbocycles. The second kappa shape index (κ2) is 12.5. The number of carbonyl (C=O) groups excluding carboxylic acids is 2. The number of nitrogens with zero attached hydrogens (tertiary/aromatic N) is 6. The average Bonchev–Trinajstić information content (AvgIpc) is 3.52. The minimum atomic E-state index is -4.50. The van der Waals surface area contributed by atoms with Crippen LogP contribution in [-0.2, 0) is 11.3 Å². The maximum absolute atomic E-state index is 14.0. The van der Waals surface area contributed by atoms with Gasteiger partial charge in [-0.15, -0.1) is 0 Å². The fourth-order valence-electron chi connectivity index (χ4n) is 5.50. The molecule has 0 radical (unpaired) electrons. The summed E-state index contributed by atoms with van der Waals surface area (Å²) < 4.78 is 106. The molecule has 0 bridgehead atoms. The first-order valence-electron chi connectivity index (χ1n) is 14.4. The van der Waals surface area contributed by atoms with Gasteiger partial charge in [0.2, 0.25) is 17.7 Å². The number of nitrogens with one attached hydrogen (secondary N) is 2. The predicted octanol–water partition coefficient (Wildman–Crippen LogP) is 5.48. The molecule has 3 aromatic rings. The predicted molar refractivity (Wildman–Crippen MR) is 140 cm³/mol. The van der Waals surface area contributed by atoms with Gasteiger partial charge >= 0.3 is 12.4 Å². The van der Waals surface area contributed by atoms with E-state index in [9.17, 15) is 44.7 Å². The second-order valence-electron chi connectivity index (χ2n) is 11.6. The number of aryl methyl sites for hydroxylation is 1. The van der Waals surface area contributed by atoms with Crippen molar-refractivity contribution in [2.45, 2.75) is 94.7 Å². The highest BCUT2D eigenvalue weighted by Crippen LogP contribution is 2.43. The fourth-order valence-corrected chi connectivity index (χ4v) is 5.50. The van der Waals surface area contributed by atoms with Gasteiger partial charge in [0.15, 0.2) is 5.65 Å². The van der Waals surface area contributed by atoms with E-state index in [1.54, 1.807) is 6.07 Å². The molecular formula is C27H30F8N8O2. The summed E-state index contributed by atoms with van der Waals surface area (Å²) >= 11 is 0. The van der Waals surface area contributed by atoms with Crippen molar-refractivity contribution in [3.63, 3.8) is 0 Å². The van der Waals surface area contributed by atoms with Crippen molar-refractivity contribution in [2.75, 3.05) is 0 Å². The Bertz CT molecular complexity index is 1500. The fraction of sp³-hybridized carbons (Fsp3) is 0.630. The van der Waals surface area contributed by atoms with Gasteiger partial charge in [0, 0.05) is 19.3 Å². The third-order valence-electron chi connectivity index (χ3n) is 8.03. The van der Waals surface area contributed by atoms with E-state index in [1.807, 2.05) is 0 Å². The van der Waals surface area contributed by atoms with Crippen molar-refractivity contribution in [3.8, 4) is 0 Å². The summed E-state index contributed by atoms with van der Waals surface area (Å²) in [7, 11) is 0. The Morgan fingerprint density at radius 2 is 1.60 bits per heavy atom. The molecule has 3 aromatic heterocycles. The van der Waals surface area contributed by atoms with Crippen LogP contribution >= 0.6 is 0 Å². The Labute approximate surface area is 251 Å².